The van der Waals surface area contributed by atoms with Crippen LogP contribution in [-0.4, -0.2) is 20.1 Å². The van der Waals surface area contributed by atoms with Crippen molar-refractivity contribution in [1.82, 2.24) is 4.72 Å². The van der Waals surface area contributed by atoms with Gasteiger partial charge in [-0.15, -0.1) is 0 Å². The van der Waals surface area contributed by atoms with Gasteiger partial charge in [0.25, 0.3) is 0 Å². The van der Waals surface area contributed by atoms with E-state index in [-0.39, 0.29) is 22.2 Å². The Labute approximate surface area is 126 Å². The van der Waals surface area contributed by atoms with E-state index in [0.717, 1.165) is 0 Å². The SMILES string of the molecule is Nc1ccc(Cl)cc1S(=O)(=O)NCC(O)c1ccsc1. The highest BCUT2D eigenvalue weighted by atomic mass is 35.5. The Bertz CT molecular complexity index is 687. The van der Waals surface area contributed by atoms with Gasteiger partial charge in [0.1, 0.15) is 4.90 Å². The molecule has 2 aromatic rings. The molecule has 0 bridgehead atoms. The molecule has 108 valence electrons. The molecule has 2 rings (SSSR count). The van der Waals surface area contributed by atoms with Crippen molar-refractivity contribution >= 4 is 38.6 Å². The molecule has 0 fully saturated rings. The van der Waals surface area contributed by atoms with Gasteiger partial charge in [-0.25, -0.2) is 13.1 Å². The molecule has 20 heavy (non-hydrogen) atoms. The largest absolute Gasteiger partial charge is 0.398 e. The quantitative estimate of drug-likeness (QED) is 0.730. The molecule has 8 heteroatoms. The Balaban J connectivity index is 2.13. The predicted octanol–water partition coefficient (Wildman–Crippen LogP) is 2.00. The summed E-state index contributed by atoms with van der Waals surface area (Å²) in [6, 6.07) is 5.94. The van der Waals surface area contributed by atoms with Gasteiger partial charge in [0, 0.05) is 11.6 Å². The number of benzene rings is 1. The van der Waals surface area contributed by atoms with Gasteiger partial charge in [-0.1, -0.05) is 11.6 Å². The Kier molecular flexibility index (Phi) is 4.66. The first-order valence-corrected chi connectivity index (χ1v) is 8.45. The lowest BCUT2D eigenvalue weighted by Gasteiger charge is -2.12. The summed E-state index contributed by atoms with van der Waals surface area (Å²) in [6.45, 7) is -0.134. The van der Waals surface area contributed by atoms with Gasteiger partial charge in [0.05, 0.1) is 11.8 Å². The van der Waals surface area contributed by atoms with Crippen molar-refractivity contribution < 1.29 is 13.5 Å². The molecule has 0 aliphatic carbocycles. The molecule has 1 heterocycles. The summed E-state index contributed by atoms with van der Waals surface area (Å²) < 4.78 is 26.6. The molecule has 0 radical (unpaired) electrons. The summed E-state index contributed by atoms with van der Waals surface area (Å²) in [6.07, 6.45) is -0.906. The first kappa shape index (κ1) is 15.3. The summed E-state index contributed by atoms with van der Waals surface area (Å²) in [5, 5.41) is 13.7. The Hall–Kier alpha value is -1.12. The molecule has 1 aromatic heterocycles. The number of nitrogens with two attached hydrogens (primary N) is 1. The summed E-state index contributed by atoms with van der Waals surface area (Å²) in [5.74, 6) is 0. The zero-order valence-corrected chi connectivity index (χ0v) is 12.7. The summed E-state index contributed by atoms with van der Waals surface area (Å²) >= 11 is 7.20. The summed E-state index contributed by atoms with van der Waals surface area (Å²) in [4.78, 5) is -0.0949. The second-order valence-corrected chi connectivity index (χ2v) is 7.06. The average Bonchev–Trinajstić information content (AvgIpc) is 2.93. The van der Waals surface area contributed by atoms with Gasteiger partial charge in [0.2, 0.25) is 10.0 Å². The molecule has 0 spiro atoms. The second kappa shape index (κ2) is 6.11. The highest BCUT2D eigenvalue weighted by molar-refractivity contribution is 7.89. The van der Waals surface area contributed by atoms with Crippen LogP contribution in [0.5, 0.6) is 0 Å². The smallest absolute Gasteiger partial charge is 0.242 e. The number of rotatable bonds is 5. The molecule has 0 saturated carbocycles. The maximum absolute atomic E-state index is 12.1. The van der Waals surface area contributed by atoms with Crippen LogP contribution in [0.15, 0.2) is 39.9 Å². The van der Waals surface area contributed by atoms with Gasteiger partial charge in [-0.05, 0) is 40.6 Å². The maximum Gasteiger partial charge on any atom is 0.242 e. The number of hydrogen-bond acceptors (Lipinski definition) is 5. The molecule has 1 aromatic carbocycles. The van der Waals surface area contributed by atoms with E-state index in [1.54, 1.807) is 11.4 Å². The van der Waals surface area contributed by atoms with Crippen molar-refractivity contribution in [1.29, 1.82) is 0 Å². The number of aliphatic hydroxyl groups is 1. The number of hydrogen-bond donors (Lipinski definition) is 3. The topological polar surface area (TPSA) is 92.4 Å². The normalized spacial score (nSPS) is 13.3. The van der Waals surface area contributed by atoms with Crippen molar-refractivity contribution in [3.05, 3.63) is 45.6 Å². The van der Waals surface area contributed by atoms with E-state index in [1.165, 1.54) is 29.5 Å². The first-order valence-electron chi connectivity index (χ1n) is 5.65. The molecule has 4 N–H and O–H groups in total. The zero-order chi connectivity index (χ0) is 14.8. The molecular formula is C12H13ClN2O3S2. The molecule has 0 aliphatic heterocycles. The van der Waals surface area contributed by atoms with E-state index >= 15 is 0 Å². The van der Waals surface area contributed by atoms with Crippen molar-refractivity contribution in [2.45, 2.75) is 11.0 Å². The number of thiophene rings is 1. The average molecular weight is 333 g/mol. The molecule has 0 saturated heterocycles. The fourth-order valence-electron chi connectivity index (χ4n) is 1.59. The van der Waals surface area contributed by atoms with Gasteiger partial charge in [-0.3, -0.25) is 0 Å². The first-order chi connectivity index (χ1) is 9.40. The van der Waals surface area contributed by atoms with Crippen LogP contribution in [-0.2, 0) is 10.0 Å². The van der Waals surface area contributed by atoms with Crippen molar-refractivity contribution in [3.63, 3.8) is 0 Å². The number of sulfonamides is 1. The fourth-order valence-corrected chi connectivity index (χ4v) is 3.73. The van der Waals surface area contributed by atoms with Crippen LogP contribution in [0, 0.1) is 0 Å². The van der Waals surface area contributed by atoms with Gasteiger partial charge >= 0.3 is 0 Å². The number of anilines is 1. The van der Waals surface area contributed by atoms with Gasteiger partial charge in [-0.2, -0.15) is 11.3 Å². The Morgan fingerprint density at radius 1 is 1.40 bits per heavy atom. The van der Waals surface area contributed by atoms with Crippen molar-refractivity contribution in [3.8, 4) is 0 Å². The Morgan fingerprint density at radius 3 is 2.80 bits per heavy atom. The summed E-state index contributed by atoms with van der Waals surface area (Å²) in [7, 11) is -3.82. The molecule has 1 atom stereocenters. The number of aliphatic hydroxyl groups excluding tert-OH is 1. The van der Waals surface area contributed by atoms with Crippen LogP contribution < -0.4 is 10.5 Å². The van der Waals surface area contributed by atoms with Crippen LogP contribution >= 0.6 is 22.9 Å². The maximum atomic E-state index is 12.1. The van der Waals surface area contributed by atoms with E-state index < -0.39 is 16.1 Å². The standard InChI is InChI=1S/C12H13ClN2O3S2/c13-9-1-2-10(14)12(5-9)20(17,18)15-6-11(16)8-3-4-19-7-8/h1-5,7,11,15-16H,6,14H2. The van der Waals surface area contributed by atoms with E-state index in [9.17, 15) is 13.5 Å². The van der Waals surface area contributed by atoms with E-state index in [0.29, 0.717) is 5.56 Å². The lowest BCUT2D eigenvalue weighted by molar-refractivity contribution is 0.182. The number of halogens is 1. The lowest BCUT2D eigenvalue weighted by atomic mass is 10.2. The molecule has 0 amide bonds. The predicted molar refractivity (Wildman–Crippen MR) is 80.3 cm³/mol. The number of nitrogen functional groups attached to an aromatic ring is 1. The summed E-state index contributed by atoms with van der Waals surface area (Å²) in [5.41, 5.74) is 6.41. The fraction of sp³-hybridized carbons (Fsp3) is 0.167. The highest BCUT2D eigenvalue weighted by Gasteiger charge is 2.19. The third kappa shape index (κ3) is 3.50. The second-order valence-electron chi connectivity index (χ2n) is 4.11. The molecule has 5 nitrogen and oxygen atoms in total. The Morgan fingerprint density at radius 2 is 2.15 bits per heavy atom. The minimum Gasteiger partial charge on any atom is -0.398 e. The lowest BCUT2D eigenvalue weighted by Crippen LogP contribution is -2.29. The van der Waals surface area contributed by atoms with Crippen LogP contribution in [0.1, 0.15) is 11.7 Å². The van der Waals surface area contributed by atoms with Gasteiger partial charge < -0.3 is 10.8 Å². The highest BCUT2D eigenvalue weighted by Crippen LogP contribution is 2.23. The molecular weight excluding hydrogens is 320 g/mol. The van der Waals surface area contributed by atoms with Crippen molar-refractivity contribution in [2.24, 2.45) is 0 Å². The van der Waals surface area contributed by atoms with Crippen LogP contribution in [0.2, 0.25) is 5.02 Å². The molecule has 0 aliphatic rings. The van der Waals surface area contributed by atoms with E-state index in [2.05, 4.69) is 4.72 Å². The van der Waals surface area contributed by atoms with E-state index in [4.69, 9.17) is 17.3 Å². The zero-order valence-electron chi connectivity index (χ0n) is 10.3. The van der Waals surface area contributed by atoms with Crippen LogP contribution in [0.4, 0.5) is 5.69 Å². The van der Waals surface area contributed by atoms with E-state index in [1.807, 2.05) is 5.38 Å². The monoisotopic (exact) mass is 332 g/mol. The minimum atomic E-state index is -3.82. The third-order valence-corrected chi connectivity index (χ3v) is 5.08. The number of nitrogens with one attached hydrogen (secondary N) is 1. The minimum absolute atomic E-state index is 0.0949. The van der Waals surface area contributed by atoms with Crippen LogP contribution in [0.25, 0.3) is 0 Å². The van der Waals surface area contributed by atoms with Crippen LogP contribution in [0.3, 0.4) is 0 Å². The molecule has 1 unspecified atom stereocenters. The van der Waals surface area contributed by atoms with Crippen molar-refractivity contribution in [2.75, 3.05) is 12.3 Å². The third-order valence-electron chi connectivity index (χ3n) is 2.66. The van der Waals surface area contributed by atoms with Gasteiger partial charge in [0.15, 0.2) is 0 Å².